The zero-order valence-electron chi connectivity index (χ0n) is 18.1. The van der Waals surface area contributed by atoms with Crippen LogP contribution in [0.25, 0.3) is 0 Å². The van der Waals surface area contributed by atoms with Crippen molar-refractivity contribution < 1.29 is 38.6 Å². The number of rotatable bonds is 10. The lowest BCUT2D eigenvalue weighted by molar-refractivity contribution is -0.387. The third kappa shape index (κ3) is 6.52. The van der Waals surface area contributed by atoms with E-state index in [-0.39, 0.29) is 28.6 Å². The highest BCUT2D eigenvalue weighted by Gasteiger charge is 2.30. The topological polar surface area (TPSA) is 171 Å². The van der Waals surface area contributed by atoms with Crippen LogP contribution in [0.5, 0.6) is 17.5 Å². The van der Waals surface area contributed by atoms with Crippen LogP contribution in [0.15, 0.2) is 23.4 Å². The number of hydrogen-bond donors (Lipinski definition) is 1. The van der Waals surface area contributed by atoms with Gasteiger partial charge in [-0.25, -0.2) is 9.59 Å². The molecule has 0 saturated carbocycles. The molecule has 1 aromatic heterocycles. The van der Waals surface area contributed by atoms with Crippen molar-refractivity contribution in [1.82, 2.24) is 14.9 Å². The Morgan fingerprint density at radius 2 is 1.79 bits per heavy atom. The molecule has 0 radical (unpaired) electrons. The van der Waals surface area contributed by atoms with Gasteiger partial charge in [0.25, 0.3) is 5.91 Å². The van der Waals surface area contributed by atoms with E-state index in [1.165, 1.54) is 25.1 Å². The van der Waals surface area contributed by atoms with Gasteiger partial charge >= 0.3 is 29.4 Å². The molecular weight excluding hydrogens is 460 g/mol. The molecule has 0 aliphatic heterocycles. The number of aromatic carboxylic acids is 1. The number of ether oxygens (including phenoxy) is 3. The Morgan fingerprint density at radius 3 is 2.33 bits per heavy atom. The maximum atomic E-state index is 12.3. The summed E-state index contributed by atoms with van der Waals surface area (Å²) in [4.78, 5) is 55.4. The Morgan fingerprint density at radius 1 is 1.15 bits per heavy atom. The maximum absolute atomic E-state index is 12.3. The van der Waals surface area contributed by atoms with E-state index >= 15 is 0 Å². The molecule has 33 heavy (non-hydrogen) atoms. The highest BCUT2D eigenvalue weighted by molar-refractivity contribution is 7.98. The Balaban J connectivity index is 2.56. The lowest BCUT2D eigenvalue weighted by Crippen LogP contribution is -2.22. The summed E-state index contributed by atoms with van der Waals surface area (Å²) in [5, 5.41) is 21.1. The zero-order chi connectivity index (χ0) is 24.7. The van der Waals surface area contributed by atoms with Gasteiger partial charge in [-0.1, -0.05) is 11.8 Å². The van der Waals surface area contributed by atoms with Gasteiger partial charge in [0.05, 0.1) is 17.1 Å². The quantitative estimate of drug-likeness (QED) is 0.173. The van der Waals surface area contributed by atoms with Gasteiger partial charge in [0.1, 0.15) is 5.75 Å². The van der Waals surface area contributed by atoms with Crippen LogP contribution in [-0.2, 0) is 9.53 Å². The SMILES string of the molecule is CCOC(=O)COc1nc(SC)nc(Oc2cc(C(=O)O)cc(C(=O)N(C)C)c2)c1[N+](=O)[O-]. The van der Waals surface area contributed by atoms with Crippen molar-refractivity contribution in [3.63, 3.8) is 0 Å². The summed E-state index contributed by atoms with van der Waals surface area (Å²) in [5.41, 5.74) is -1.09. The monoisotopic (exact) mass is 480 g/mol. The fraction of sp³-hybridized carbons (Fsp3) is 0.316. The van der Waals surface area contributed by atoms with Crippen molar-refractivity contribution in [3.8, 4) is 17.5 Å². The summed E-state index contributed by atoms with van der Waals surface area (Å²) in [7, 11) is 2.95. The number of carbonyl (C=O) groups is 3. The molecule has 1 amide bonds. The van der Waals surface area contributed by atoms with Gasteiger partial charge in [0.15, 0.2) is 11.8 Å². The first-order chi connectivity index (χ1) is 15.6. The molecule has 0 aliphatic carbocycles. The average molecular weight is 480 g/mol. The van der Waals surface area contributed by atoms with Crippen LogP contribution in [0.1, 0.15) is 27.6 Å². The molecule has 1 N–H and O–H groups in total. The number of carboxylic acids is 1. The smallest absolute Gasteiger partial charge is 0.392 e. The molecule has 176 valence electrons. The maximum Gasteiger partial charge on any atom is 0.392 e. The van der Waals surface area contributed by atoms with Gasteiger partial charge in [-0.15, -0.1) is 0 Å². The minimum absolute atomic E-state index is 0.0181. The number of carbonyl (C=O) groups excluding carboxylic acids is 2. The molecular formula is C19H20N4O9S. The zero-order valence-corrected chi connectivity index (χ0v) is 18.9. The minimum atomic E-state index is -1.34. The molecule has 1 heterocycles. The van der Waals surface area contributed by atoms with Crippen LogP contribution in [0.2, 0.25) is 0 Å². The van der Waals surface area contributed by atoms with Crippen molar-refractivity contribution in [1.29, 1.82) is 0 Å². The first-order valence-corrected chi connectivity index (χ1v) is 10.5. The normalized spacial score (nSPS) is 10.3. The fourth-order valence-electron chi connectivity index (χ4n) is 2.42. The van der Waals surface area contributed by atoms with Gasteiger partial charge in [0.2, 0.25) is 0 Å². The van der Waals surface area contributed by atoms with Gasteiger partial charge < -0.3 is 24.2 Å². The Hall–Kier alpha value is -3.94. The molecule has 13 nitrogen and oxygen atoms in total. The first-order valence-electron chi connectivity index (χ1n) is 9.24. The molecule has 2 rings (SSSR count). The summed E-state index contributed by atoms with van der Waals surface area (Å²) in [6, 6.07) is 3.45. The number of thioether (sulfide) groups is 1. The second-order valence-corrected chi connectivity index (χ2v) is 7.15. The second-order valence-electron chi connectivity index (χ2n) is 6.37. The highest BCUT2D eigenvalue weighted by atomic mass is 32.2. The summed E-state index contributed by atoms with van der Waals surface area (Å²) in [6.07, 6.45) is 1.60. The van der Waals surface area contributed by atoms with Gasteiger partial charge in [-0.2, -0.15) is 9.97 Å². The third-order valence-electron chi connectivity index (χ3n) is 3.82. The number of hydrogen-bond acceptors (Lipinski definition) is 11. The molecule has 0 spiro atoms. The van der Waals surface area contributed by atoms with Crippen LogP contribution < -0.4 is 9.47 Å². The number of carboxylic acid groups (broad SMARTS) is 1. The molecule has 0 unspecified atom stereocenters. The van der Waals surface area contributed by atoms with E-state index in [2.05, 4.69) is 9.97 Å². The second kappa shape index (κ2) is 11.1. The Bertz CT molecular complexity index is 1090. The van der Waals surface area contributed by atoms with E-state index < -0.39 is 46.8 Å². The van der Waals surface area contributed by atoms with Crippen molar-refractivity contribution in [2.75, 3.05) is 33.6 Å². The Labute approximate surface area is 191 Å². The molecule has 0 saturated heterocycles. The number of nitro groups is 1. The van der Waals surface area contributed by atoms with E-state index in [1.807, 2.05) is 0 Å². The lowest BCUT2D eigenvalue weighted by Gasteiger charge is -2.13. The summed E-state index contributed by atoms with van der Waals surface area (Å²) >= 11 is 1.02. The number of esters is 1. The van der Waals surface area contributed by atoms with Crippen LogP contribution in [0, 0.1) is 10.1 Å². The van der Waals surface area contributed by atoms with Crippen LogP contribution in [-0.4, -0.2) is 76.3 Å². The third-order valence-corrected chi connectivity index (χ3v) is 4.37. The van der Waals surface area contributed by atoms with Crippen LogP contribution >= 0.6 is 11.8 Å². The number of nitrogens with zero attached hydrogens (tertiary/aromatic N) is 4. The highest BCUT2D eigenvalue weighted by Crippen LogP contribution is 2.38. The van der Waals surface area contributed by atoms with Crippen molar-refractivity contribution in [2.45, 2.75) is 12.1 Å². The Kier molecular flexibility index (Phi) is 8.50. The van der Waals surface area contributed by atoms with Gasteiger partial charge in [-0.05, 0) is 31.4 Å². The number of amides is 1. The molecule has 0 aliphatic rings. The standard InChI is InChI=1S/C19H20N4O9S/c1-5-30-13(24)9-31-15-14(23(28)29)16(21-19(20-15)33-4)32-12-7-10(17(25)22(2)3)6-11(8-12)18(26)27/h6-8H,5,9H2,1-4H3,(H,26,27). The molecule has 0 atom stereocenters. The molecule has 14 heteroatoms. The molecule has 2 aromatic rings. The average Bonchev–Trinajstić information content (AvgIpc) is 2.76. The van der Waals surface area contributed by atoms with Crippen molar-refractivity contribution >= 4 is 35.3 Å². The van der Waals surface area contributed by atoms with Crippen LogP contribution in [0.3, 0.4) is 0 Å². The van der Waals surface area contributed by atoms with E-state index in [4.69, 9.17) is 14.2 Å². The van der Waals surface area contributed by atoms with E-state index in [1.54, 1.807) is 13.2 Å². The fourth-order valence-corrected chi connectivity index (χ4v) is 2.77. The number of aromatic nitrogens is 2. The largest absolute Gasteiger partial charge is 0.478 e. The van der Waals surface area contributed by atoms with E-state index in [0.29, 0.717) is 0 Å². The van der Waals surface area contributed by atoms with E-state index in [0.717, 1.165) is 23.9 Å². The summed E-state index contributed by atoms with van der Waals surface area (Å²) in [5.74, 6) is -3.91. The van der Waals surface area contributed by atoms with Gasteiger partial charge in [-0.3, -0.25) is 14.9 Å². The first kappa shape index (κ1) is 25.3. The lowest BCUT2D eigenvalue weighted by atomic mass is 10.1. The van der Waals surface area contributed by atoms with Crippen molar-refractivity contribution in [2.24, 2.45) is 0 Å². The van der Waals surface area contributed by atoms with Crippen molar-refractivity contribution in [3.05, 3.63) is 39.4 Å². The predicted octanol–water partition coefficient (Wildman–Crippen LogP) is 2.24. The predicted molar refractivity (Wildman–Crippen MR) is 114 cm³/mol. The summed E-state index contributed by atoms with van der Waals surface area (Å²) < 4.78 is 15.4. The molecule has 0 bridgehead atoms. The molecule has 0 fully saturated rings. The molecule has 1 aromatic carbocycles. The van der Waals surface area contributed by atoms with E-state index in [9.17, 15) is 29.6 Å². The minimum Gasteiger partial charge on any atom is -0.478 e. The van der Waals surface area contributed by atoms with Gasteiger partial charge in [0, 0.05) is 19.7 Å². The number of benzene rings is 1. The summed E-state index contributed by atoms with van der Waals surface area (Å²) in [6.45, 7) is 1.03. The van der Waals surface area contributed by atoms with Crippen LogP contribution in [0.4, 0.5) is 5.69 Å².